The van der Waals surface area contributed by atoms with Crippen molar-refractivity contribution in [1.29, 1.82) is 0 Å². The molecule has 0 bridgehead atoms. The number of rotatable bonds is 2. The highest BCUT2D eigenvalue weighted by Gasteiger charge is 2.33. The maximum Gasteiger partial charge on any atom is 0.417 e. The van der Waals surface area contributed by atoms with Gasteiger partial charge < -0.3 is 10.2 Å². The molecule has 0 aliphatic carbocycles. The molecule has 7 heteroatoms. The molecule has 2 saturated heterocycles. The molecule has 23 heavy (non-hydrogen) atoms. The quantitative estimate of drug-likeness (QED) is 0.908. The van der Waals surface area contributed by atoms with Crippen LogP contribution in [0.25, 0.3) is 0 Å². The number of alkyl halides is 3. The van der Waals surface area contributed by atoms with E-state index in [1.807, 2.05) is 0 Å². The van der Waals surface area contributed by atoms with Gasteiger partial charge in [0, 0.05) is 25.5 Å². The molecule has 1 aromatic rings. The van der Waals surface area contributed by atoms with Gasteiger partial charge in [-0.25, -0.2) is 0 Å². The van der Waals surface area contributed by atoms with Crippen molar-refractivity contribution in [2.24, 2.45) is 11.8 Å². The maximum absolute atomic E-state index is 12.7. The van der Waals surface area contributed by atoms with Crippen molar-refractivity contribution in [2.75, 3.05) is 26.2 Å². The standard InChI is InChI=1S/C16H20F3N3O/c17-16(18,19)14-7-13(9-21-10-14)15(23)22-5-2-11(3-6-22)12-1-4-20-8-12/h7,9-12,20H,1-6,8H2. The molecule has 0 aromatic carbocycles. The van der Waals surface area contributed by atoms with Gasteiger partial charge in [0.2, 0.25) is 0 Å². The van der Waals surface area contributed by atoms with E-state index in [1.165, 1.54) is 12.6 Å². The third kappa shape index (κ3) is 3.65. The molecular weight excluding hydrogens is 307 g/mol. The second kappa shape index (κ2) is 6.47. The lowest BCUT2D eigenvalue weighted by Gasteiger charge is -2.34. The number of likely N-dealkylation sites (tertiary alicyclic amines) is 1. The van der Waals surface area contributed by atoms with Gasteiger partial charge in [-0.05, 0) is 50.3 Å². The number of nitrogens with zero attached hydrogens (tertiary/aromatic N) is 2. The average molecular weight is 327 g/mol. The molecule has 126 valence electrons. The predicted octanol–water partition coefficient (Wildman–Crippen LogP) is 2.56. The van der Waals surface area contributed by atoms with E-state index in [0.717, 1.165) is 38.2 Å². The molecule has 1 aromatic heterocycles. The number of pyridine rings is 1. The Morgan fingerprint density at radius 1 is 1.17 bits per heavy atom. The van der Waals surface area contributed by atoms with Crippen molar-refractivity contribution in [3.8, 4) is 0 Å². The Bertz CT molecular complexity index is 562. The zero-order valence-electron chi connectivity index (χ0n) is 12.8. The summed E-state index contributed by atoms with van der Waals surface area (Å²) >= 11 is 0. The lowest BCUT2D eigenvalue weighted by Crippen LogP contribution is -2.40. The highest BCUT2D eigenvalue weighted by molar-refractivity contribution is 5.94. The van der Waals surface area contributed by atoms with Gasteiger partial charge >= 0.3 is 6.18 Å². The van der Waals surface area contributed by atoms with E-state index in [0.29, 0.717) is 24.9 Å². The van der Waals surface area contributed by atoms with Gasteiger partial charge in [0.1, 0.15) is 0 Å². The van der Waals surface area contributed by atoms with Crippen molar-refractivity contribution in [1.82, 2.24) is 15.2 Å². The van der Waals surface area contributed by atoms with Crippen LogP contribution in [-0.4, -0.2) is 42.0 Å². The fourth-order valence-electron chi connectivity index (χ4n) is 3.55. The zero-order valence-corrected chi connectivity index (χ0v) is 12.8. The van der Waals surface area contributed by atoms with E-state index in [-0.39, 0.29) is 11.5 Å². The van der Waals surface area contributed by atoms with Gasteiger partial charge in [-0.3, -0.25) is 9.78 Å². The van der Waals surface area contributed by atoms with Gasteiger partial charge in [-0.15, -0.1) is 0 Å². The monoisotopic (exact) mass is 327 g/mol. The predicted molar refractivity (Wildman–Crippen MR) is 78.8 cm³/mol. The van der Waals surface area contributed by atoms with E-state index >= 15 is 0 Å². The molecule has 3 rings (SSSR count). The average Bonchev–Trinajstić information content (AvgIpc) is 3.08. The minimum atomic E-state index is -4.48. The van der Waals surface area contributed by atoms with E-state index in [4.69, 9.17) is 0 Å². The molecule has 0 spiro atoms. The largest absolute Gasteiger partial charge is 0.417 e. The summed E-state index contributed by atoms with van der Waals surface area (Å²) in [7, 11) is 0. The summed E-state index contributed by atoms with van der Waals surface area (Å²) in [6.07, 6.45) is 0.498. The van der Waals surface area contributed by atoms with E-state index in [2.05, 4.69) is 10.3 Å². The minimum absolute atomic E-state index is 0.0146. The first-order chi connectivity index (χ1) is 10.9. The number of aromatic nitrogens is 1. The third-order valence-corrected chi connectivity index (χ3v) is 4.90. The van der Waals surface area contributed by atoms with Gasteiger partial charge in [0.15, 0.2) is 0 Å². The molecule has 0 radical (unpaired) electrons. The highest BCUT2D eigenvalue weighted by Crippen LogP contribution is 2.31. The summed E-state index contributed by atoms with van der Waals surface area (Å²) in [5.74, 6) is 0.919. The molecule has 2 fully saturated rings. The summed E-state index contributed by atoms with van der Waals surface area (Å²) < 4.78 is 38.2. The molecule has 0 saturated carbocycles. The minimum Gasteiger partial charge on any atom is -0.339 e. The number of piperidine rings is 1. The Kier molecular flexibility index (Phi) is 4.57. The zero-order chi connectivity index (χ0) is 16.4. The summed E-state index contributed by atoms with van der Waals surface area (Å²) in [6, 6.07) is 0.891. The van der Waals surface area contributed by atoms with Crippen molar-refractivity contribution >= 4 is 5.91 Å². The van der Waals surface area contributed by atoms with Crippen molar-refractivity contribution in [2.45, 2.75) is 25.4 Å². The maximum atomic E-state index is 12.7. The first-order valence-electron chi connectivity index (χ1n) is 7.97. The molecular formula is C16H20F3N3O. The summed E-state index contributed by atoms with van der Waals surface area (Å²) in [4.78, 5) is 17.6. The smallest absolute Gasteiger partial charge is 0.339 e. The van der Waals surface area contributed by atoms with Crippen LogP contribution in [0.2, 0.25) is 0 Å². The van der Waals surface area contributed by atoms with Crippen LogP contribution >= 0.6 is 0 Å². The molecule has 1 amide bonds. The first kappa shape index (κ1) is 16.2. The van der Waals surface area contributed by atoms with Crippen LogP contribution in [0.4, 0.5) is 13.2 Å². The Balaban J connectivity index is 1.63. The van der Waals surface area contributed by atoms with Gasteiger partial charge in [0.25, 0.3) is 5.91 Å². The fourth-order valence-corrected chi connectivity index (χ4v) is 3.55. The molecule has 4 nitrogen and oxygen atoms in total. The van der Waals surface area contributed by atoms with Crippen molar-refractivity contribution in [3.05, 3.63) is 29.6 Å². The van der Waals surface area contributed by atoms with Crippen LogP contribution < -0.4 is 5.32 Å². The van der Waals surface area contributed by atoms with Crippen molar-refractivity contribution in [3.63, 3.8) is 0 Å². The number of hydrogen-bond donors (Lipinski definition) is 1. The number of carbonyl (C=O) groups excluding carboxylic acids is 1. The van der Waals surface area contributed by atoms with Gasteiger partial charge in [0.05, 0.1) is 11.1 Å². The lowest BCUT2D eigenvalue weighted by molar-refractivity contribution is -0.137. The Morgan fingerprint density at radius 3 is 2.52 bits per heavy atom. The topological polar surface area (TPSA) is 45.2 Å². The van der Waals surface area contributed by atoms with Crippen LogP contribution in [0.5, 0.6) is 0 Å². The first-order valence-corrected chi connectivity index (χ1v) is 7.97. The molecule has 2 aliphatic heterocycles. The molecule has 1 N–H and O–H groups in total. The summed E-state index contributed by atoms with van der Waals surface area (Å²) in [5.41, 5.74) is -0.865. The molecule has 1 atom stereocenters. The van der Waals surface area contributed by atoms with Crippen LogP contribution in [0.3, 0.4) is 0 Å². The van der Waals surface area contributed by atoms with Crippen LogP contribution in [-0.2, 0) is 6.18 Å². The second-order valence-electron chi connectivity index (χ2n) is 6.34. The van der Waals surface area contributed by atoms with Gasteiger partial charge in [-0.1, -0.05) is 0 Å². The summed E-state index contributed by atoms with van der Waals surface area (Å²) in [6.45, 7) is 3.31. The van der Waals surface area contributed by atoms with Crippen LogP contribution in [0.15, 0.2) is 18.5 Å². The molecule has 1 unspecified atom stereocenters. The normalized spacial score (nSPS) is 23.3. The van der Waals surface area contributed by atoms with E-state index < -0.39 is 11.7 Å². The van der Waals surface area contributed by atoms with Gasteiger partial charge in [-0.2, -0.15) is 13.2 Å². The molecule has 3 heterocycles. The van der Waals surface area contributed by atoms with Crippen LogP contribution in [0.1, 0.15) is 35.2 Å². The third-order valence-electron chi connectivity index (χ3n) is 4.90. The van der Waals surface area contributed by atoms with E-state index in [1.54, 1.807) is 4.90 Å². The Labute approximate surface area is 133 Å². The lowest BCUT2D eigenvalue weighted by atomic mass is 9.83. The second-order valence-corrected chi connectivity index (χ2v) is 6.34. The summed E-state index contributed by atoms with van der Waals surface area (Å²) in [5, 5.41) is 3.35. The number of nitrogens with one attached hydrogen (secondary N) is 1. The van der Waals surface area contributed by atoms with E-state index in [9.17, 15) is 18.0 Å². The fraction of sp³-hybridized carbons (Fsp3) is 0.625. The number of halogens is 3. The Hall–Kier alpha value is -1.63. The Morgan fingerprint density at radius 2 is 1.91 bits per heavy atom. The number of amides is 1. The van der Waals surface area contributed by atoms with Crippen molar-refractivity contribution < 1.29 is 18.0 Å². The number of hydrogen-bond acceptors (Lipinski definition) is 3. The number of carbonyl (C=O) groups is 1. The highest BCUT2D eigenvalue weighted by atomic mass is 19.4. The van der Waals surface area contributed by atoms with Crippen LogP contribution in [0, 0.1) is 11.8 Å². The molecule has 2 aliphatic rings. The SMILES string of the molecule is O=C(c1cncc(C(F)(F)F)c1)N1CCC(C2CCNC2)CC1.